The molecule has 0 aliphatic rings. The zero-order valence-corrected chi connectivity index (χ0v) is 12.2. The molecule has 0 amide bonds. The molecule has 0 aromatic heterocycles. The number of hydrogen-bond donors (Lipinski definition) is 0. The molecule has 0 atom stereocenters. The van der Waals surface area contributed by atoms with Gasteiger partial charge < -0.3 is 0 Å². The number of thioether (sulfide) groups is 1. The second-order valence-corrected chi connectivity index (χ2v) is 6.87. The second kappa shape index (κ2) is 6.70. The minimum absolute atomic E-state index is 0.438. The summed E-state index contributed by atoms with van der Waals surface area (Å²) in [4.78, 5) is 5.03. The van der Waals surface area contributed by atoms with Gasteiger partial charge in [0.25, 0.3) is 0 Å². The van der Waals surface area contributed by atoms with E-state index in [-0.39, 0.29) is 0 Å². The van der Waals surface area contributed by atoms with E-state index in [4.69, 9.17) is 0 Å². The molecule has 0 fully saturated rings. The summed E-state index contributed by atoms with van der Waals surface area (Å²) in [5, 5.41) is 0. The molecule has 0 unspecified atom stereocenters. The molecule has 2 aromatic carbocycles. The van der Waals surface area contributed by atoms with Gasteiger partial charge >= 0.3 is 114 Å². The molecular weight excluding hydrogens is 291 g/mol. The van der Waals surface area contributed by atoms with Gasteiger partial charge in [0, 0.05) is 0 Å². The van der Waals surface area contributed by atoms with E-state index in [1.165, 1.54) is 14.3 Å². The van der Waals surface area contributed by atoms with Crippen LogP contribution >= 0.6 is 11.8 Å². The zero-order valence-electron chi connectivity index (χ0n) is 9.67. The molecule has 17 heavy (non-hydrogen) atoms. The first-order valence-electron chi connectivity index (χ1n) is 5.46. The van der Waals surface area contributed by atoms with E-state index < -0.39 is 0 Å². The van der Waals surface area contributed by atoms with Crippen molar-refractivity contribution in [2.24, 2.45) is 0 Å². The van der Waals surface area contributed by atoms with E-state index in [0.29, 0.717) is 15.0 Å². The van der Waals surface area contributed by atoms with Crippen LogP contribution in [0.25, 0.3) is 0 Å². The maximum absolute atomic E-state index is 2.35. The molecular formula is C15H14SSe. The molecule has 0 heterocycles. The molecule has 0 N–H and O–H groups in total. The van der Waals surface area contributed by atoms with Crippen molar-refractivity contribution >= 4 is 31.2 Å². The van der Waals surface area contributed by atoms with Crippen molar-refractivity contribution in [3.05, 3.63) is 70.5 Å². The quantitative estimate of drug-likeness (QED) is 0.613. The van der Waals surface area contributed by atoms with E-state index in [0.717, 1.165) is 0 Å². The van der Waals surface area contributed by atoms with Crippen molar-refractivity contribution < 1.29 is 0 Å². The van der Waals surface area contributed by atoms with Crippen LogP contribution in [0.5, 0.6) is 0 Å². The van der Waals surface area contributed by atoms with E-state index in [9.17, 15) is 0 Å². The number of benzene rings is 2. The molecule has 0 aliphatic heterocycles. The van der Waals surface area contributed by atoms with Crippen LogP contribution in [-0.2, 0) is 0 Å². The molecule has 2 heteroatoms. The molecule has 2 aromatic rings. The van der Waals surface area contributed by atoms with Gasteiger partial charge in [-0.2, -0.15) is 0 Å². The Bertz CT molecular complexity index is 477. The van der Waals surface area contributed by atoms with Gasteiger partial charge in [-0.25, -0.2) is 0 Å². The summed E-state index contributed by atoms with van der Waals surface area (Å²) in [6.07, 6.45) is 0. The Morgan fingerprint density at radius 1 is 0.941 bits per heavy atom. The van der Waals surface area contributed by atoms with Gasteiger partial charge in [0.15, 0.2) is 0 Å². The number of rotatable bonds is 4. The predicted molar refractivity (Wildman–Crippen MR) is 77.9 cm³/mol. The van der Waals surface area contributed by atoms with Crippen LogP contribution in [-0.4, -0.2) is 15.0 Å². The standard InChI is InChI=1S/C15H14SSe/c1-13(16-14-8-4-2-5-9-14)12-17-15-10-6-3-7-11-15/h2-12H,1H3/b13-12-. The summed E-state index contributed by atoms with van der Waals surface area (Å²) in [5.41, 5.74) is 0. The third-order valence-electron chi connectivity index (χ3n) is 2.13. The molecule has 2 rings (SSSR count). The average molecular weight is 305 g/mol. The first kappa shape index (κ1) is 12.5. The van der Waals surface area contributed by atoms with Crippen LogP contribution in [0.4, 0.5) is 0 Å². The Morgan fingerprint density at radius 3 is 2.18 bits per heavy atom. The summed E-state index contributed by atoms with van der Waals surface area (Å²) in [6, 6.07) is 21.2. The third-order valence-corrected chi connectivity index (χ3v) is 5.54. The van der Waals surface area contributed by atoms with Crippen LogP contribution in [0.3, 0.4) is 0 Å². The topological polar surface area (TPSA) is 0 Å². The van der Waals surface area contributed by atoms with Gasteiger partial charge in [-0.1, -0.05) is 0 Å². The molecule has 0 bridgehead atoms. The maximum atomic E-state index is 2.35. The Balaban J connectivity index is 1.94. The van der Waals surface area contributed by atoms with E-state index in [1.807, 2.05) is 11.8 Å². The fourth-order valence-corrected chi connectivity index (χ4v) is 3.91. The summed E-state index contributed by atoms with van der Waals surface area (Å²) in [5.74, 6) is 0. The fraction of sp³-hybridized carbons (Fsp3) is 0.0667. The minimum atomic E-state index is 0.438. The summed E-state index contributed by atoms with van der Waals surface area (Å²) in [6.45, 7) is 2.18. The number of allylic oxidation sites excluding steroid dienone is 1. The van der Waals surface area contributed by atoms with Crippen molar-refractivity contribution in [2.75, 3.05) is 0 Å². The van der Waals surface area contributed by atoms with Crippen LogP contribution in [0.1, 0.15) is 6.92 Å². The zero-order chi connectivity index (χ0) is 11.9. The van der Waals surface area contributed by atoms with E-state index in [2.05, 4.69) is 72.6 Å². The van der Waals surface area contributed by atoms with Gasteiger partial charge in [-0.05, 0) is 0 Å². The normalized spacial score (nSPS) is 11.5. The second-order valence-electron chi connectivity index (χ2n) is 3.57. The van der Waals surface area contributed by atoms with Crippen LogP contribution in [0, 0.1) is 0 Å². The van der Waals surface area contributed by atoms with Crippen molar-refractivity contribution in [1.29, 1.82) is 0 Å². The van der Waals surface area contributed by atoms with Gasteiger partial charge in [0.2, 0.25) is 0 Å². The molecule has 0 radical (unpaired) electrons. The van der Waals surface area contributed by atoms with E-state index >= 15 is 0 Å². The summed E-state index contributed by atoms with van der Waals surface area (Å²) in [7, 11) is 0. The van der Waals surface area contributed by atoms with Crippen molar-refractivity contribution in [3.8, 4) is 0 Å². The first-order chi connectivity index (χ1) is 8.34. The van der Waals surface area contributed by atoms with Crippen molar-refractivity contribution in [2.45, 2.75) is 11.8 Å². The average Bonchev–Trinajstić information content (AvgIpc) is 2.39. The van der Waals surface area contributed by atoms with Gasteiger partial charge in [-0.3, -0.25) is 0 Å². The Morgan fingerprint density at radius 2 is 1.53 bits per heavy atom. The summed E-state index contributed by atoms with van der Waals surface area (Å²) >= 11 is 2.28. The molecule has 86 valence electrons. The molecule has 0 aliphatic carbocycles. The van der Waals surface area contributed by atoms with E-state index in [1.54, 1.807) is 0 Å². The summed E-state index contributed by atoms with van der Waals surface area (Å²) < 4.78 is 1.42. The Hall–Kier alpha value is -0.951. The van der Waals surface area contributed by atoms with Crippen molar-refractivity contribution in [3.63, 3.8) is 0 Å². The Kier molecular flexibility index (Phi) is 4.93. The van der Waals surface area contributed by atoms with Crippen LogP contribution in [0.2, 0.25) is 0 Å². The number of hydrogen-bond acceptors (Lipinski definition) is 1. The van der Waals surface area contributed by atoms with Crippen molar-refractivity contribution in [1.82, 2.24) is 0 Å². The fourth-order valence-electron chi connectivity index (χ4n) is 1.35. The van der Waals surface area contributed by atoms with Crippen LogP contribution in [0.15, 0.2) is 75.4 Å². The van der Waals surface area contributed by atoms with Crippen LogP contribution < -0.4 is 4.46 Å². The third kappa shape index (κ3) is 4.43. The van der Waals surface area contributed by atoms with Gasteiger partial charge in [0.1, 0.15) is 0 Å². The molecule has 0 saturated heterocycles. The van der Waals surface area contributed by atoms with Gasteiger partial charge in [0.05, 0.1) is 0 Å². The SMILES string of the molecule is C/C(=C/[Se]c1ccccc1)Sc1ccccc1. The first-order valence-corrected chi connectivity index (χ1v) is 8.12. The van der Waals surface area contributed by atoms with Gasteiger partial charge in [-0.15, -0.1) is 0 Å². The molecule has 0 nitrogen and oxygen atoms in total. The Labute approximate surface area is 113 Å². The molecule has 0 spiro atoms. The monoisotopic (exact) mass is 306 g/mol. The predicted octanol–water partition coefficient (Wildman–Crippen LogP) is 3.67. The molecule has 0 saturated carbocycles.